The van der Waals surface area contributed by atoms with E-state index < -0.39 is 0 Å². The Hall–Kier alpha value is -1.01. The zero-order chi connectivity index (χ0) is 13.0. The van der Waals surface area contributed by atoms with Crippen LogP contribution in [-0.2, 0) is 11.8 Å². The molecule has 1 N–H and O–H groups in total. The summed E-state index contributed by atoms with van der Waals surface area (Å²) in [5.41, 5.74) is 1.02. The van der Waals surface area contributed by atoms with Crippen molar-refractivity contribution in [3.63, 3.8) is 0 Å². The number of rotatable bonds is 4. The van der Waals surface area contributed by atoms with Gasteiger partial charge in [0.1, 0.15) is 0 Å². The predicted octanol–water partition coefficient (Wildman–Crippen LogP) is 0.643. The summed E-state index contributed by atoms with van der Waals surface area (Å²) in [5.74, 6) is 1.09. The number of carbonyl (C=O) groups excluding carboxylic acids is 1. The number of thioether (sulfide) groups is 1. The minimum absolute atomic E-state index is 0.267. The van der Waals surface area contributed by atoms with Crippen LogP contribution in [0.3, 0.4) is 0 Å². The minimum Gasteiger partial charge on any atom is -0.340 e. The molecule has 2 heterocycles. The van der Waals surface area contributed by atoms with Crippen LogP contribution in [0.2, 0.25) is 0 Å². The maximum atomic E-state index is 11.9. The molecule has 0 unspecified atom stereocenters. The van der Waals surface area contributed by atoms with E-state index in [0.717, 1.165) is 42.7 Å². The lowest BCUT2D eigenvalue weighted by Crippen LogP contribution is -2.46. The lowest BCUT2D eigenvalue weighted by molar-refractivity contribution is -0.131. The average Bonchev–Trinajstić information content (AvgIpc) is 2.69. The molecular formula is C12H20N4OS. The van der Waals surface area contributed by atoms with E-state index >= 15 is 0 Å². The quantitative estimate of drug-likeness (QED) is 0.814. The van der Waals surface area contributed by atoms with Crippen LogP contribution < -0.4 is 5.32 Å². The molecule has 2 rings (SSSR count). The molecule has 0 bridgehead atoms. The Kier molecular flexibility index (Phi) is 4.66. The van der Waals surface area contributed by atoms with Crippen molar-refractivity contribution in [2.45, 2.75) is 18.4 Å². The first-order chi connectivity index (χ1) is 8.66. The molecule has 5 nitrogen and oxygen atoms in total. The molecule has 6 heteroatoms. The van der Waals surface area contributed by atoms with Gasteiger partial charge >= 0.3 is 0 Å². The van der Waals surface area contributed by atoms with E-state index in [1.807, 2.05) is 23.6 Å². The van der Waals surface area contributed by atoms with Crippen LogP contribution in [-0.4, -0.2) is 52.5 Å². The van der Waals surface area contributed by atoms with E-state index in [4.69, 9.17) is 0 Å². The third-order valence-corrected chi connectivity index (χ3v) is 4.08. The standard InChI is InChI=1S/C12H20N4OS/c1-10-9-12(15(2)14-10)18-8-3-11(17)16-6-4-13-5-7-16/h9,13H,3-8H2,1-2H3. The van der Waals surface area contributed by atoms with Gasteiger partial charge in [-0.1, -0.05) is 0 Å². The number of piperazine rings is 1. The number of hydrogen-bond donors (Lipinski definition) is 1. The molecule has 0 aromatic carbocycles. The Morgan fingerprint density at radius 1 is 1.50 bits per heavy atom. The van der Waals surface area contributed by atoms with E-state index in [1.54, 1.807) is 11.8 Å². The first kappa shape index (κ1) is 13.4. The predicted molar refractivity (Wildman–Crippen MR) is 72.7 cm³/mol. The van der Waals surface area contributed by atoms with E-state index in [2.05, 4.69) is 16.5 Å². The molecule has 1 amide bonds. The Bertz CT molecular complexity index is 412. The molecule has 1 aliphatic rings. The van der Waals surface area contributed by atoms with Gasteiger partial charge in [-0.15, -0.1) is 11.8 Å². The molecule has 1 fully saturated rings. The molecule has 1 aromatic rings. The third-order valence-electron chi connectivity index (χ3n) is 2.99. The Labute approximate surface area is 112 Å². The number of hydrogen-bond acceptors (Lipinski definition) is 4. The SMILES string of the molecule is Cc1cc(SCCC(=O)N2CCNCC2)n(C)n1. The summed E-state index contributed by atoms with van der Waals surface area (Å²) >= 11 is 1.70. The van der Waals surface area contributed by atoms with Crippen molar-refractivity contribution in [3.8, 4) is 0 Å². The summed E-state index contributed by atoms with van der Waals surface area (Å²) in [6.07, 6.45) is 0.606. The van der Waals surface area contributed by atoms with Crippen molar-refractivity contribution < 1.29 is 4.79 Å². The second kappa shape index (κ2) is 6.24. The Morgan fingerprint density at radius 2 is 2.22 bits per heavy atom. The van der Waals surface area contributed by atoms with E-state index in [9.17, 15) is 4.79 Å². The minimum atomic E-state index is 0.267. The molecule has 0 atom stereocenters. The largest absolute Gasteiger partial charge is 0.340 e. The van der Waals surface area contributed by atoms with E-state index in [-0.39, 0.29) is 5.91 Å². The smallest absolute Gasteiger partial charge is 0.223 e. The van der Waals surface area contributed by atoms with Gasteiger partial charge in [0, 0.05) is 45.4 Å². The van der Waals surface area contributed by atoms with Crippen LogP contribution in [0.1, 0.15) is 12.1 Å². The van der Waals surface area contributed by atoms with Gasteiger partial charge in [0.2, 0.25) is 5.91 Å². The van der Waals surface area contributed by atoms with Gasteiger partial charge in [0.15, 0.2) is 0 Å². The van der Waals surface area contributed by atoms with Gasteiger partial charge < -0.3 is 10.2 Å². The highest BCUT2D eigenvalue weighted by Crippen LogP contribution is 2.19. The first-order valence-electron chi connectivity index (χ1n) is 6.29. The fourth-order valence-electron chi connectivity index (χ4n) is 2.04. The second-order valence-corrected chi connectivity index (χ2v) is 5.59. The Balaban J connectivity index is 1.74. The lowest BCUT2D eigenvalue weighted by atomic mass is 10.3. The summed E-state index contributed by atoms with van der Waals surface area (Å²) in [6, 6.07) is 2.06. The maximum Gasteiger partial charge on any atom is 0.223 e. The molecule has 100 valence electrons. The summed E-state index contributed by atoms with van der Waals surface area (Å²) in [4.78, 5) is 13.9. The fraction of sp³-hybridized carbons (Fsp3) is 0.667. The van der Waals surface area contributed by atoms with E-state index in [1.165, 1.54) is 0 Å². The molecular weight excluding hydrogens is 248 g/mol. The van der Waals surface area contributed by atoms with Crippen molar-refractivity contribution in [2.75, 3.05) is 31.9 Å². The normalized spacial score (nSPS) is 16.0. The van der Waals surface area contributed by atoms with Gasteiger partial charge in [-0.2, -0.15) is 5.10 Å². The first-order valence-corrected chi connectivity index (χ1v) is 7.27. The molecule has 1 saturated heterocycles. The highest BCUT2D eigenvalue weighted by atomic mass is 32.2. The van der Waals surface area contributed by atoms with Crippen molar-refractivity contribution >= 4 is 17.7 Å². The number of carbonyl (C=O) groups is 1. The molecule has 0 aliphatic carbocycles. The number of amides is 1. The van der Waals surface area contributed by atoms with Gasteiger partial charge in [0.05, 0.1) is 10.7 Å². The van der Waals surface area contributed by atoms with Crippen molar-refractivity contribution in [1.82, 2.24) is 20.0 Å². The maximum absolute atomic E-state index is 11.9. The second-order valence-electron chi connectivity index (χ2n) is 4.48. The summed E-state index contributed by atoms with van der Waals surface area (Å²) < 4.78 is 1.87. The number of aryl methyl sites for hydroxylation is 2. The van der Waals surface area contributed by atoms with Crippen molar-refractivity contribution in [2.24, 2.45) is 7.05 Å². The molecule has 0 spiro atoms. The van der Waals surface area contributed by atoms with Crippen molar-refractivity contribution in [3.05, 3.63) is 11.8 Å². The molecule has 1 aliphatic heterocycles. The molecule has 1 aromatic heterocycles. The van der Waals surface area contributed by atoms with Crippen LogP contribution in [0, 0.1) is 6.92 Å². The number of nitrogens with one attached hydrogen (secondary N) is 1. The number of aromatic nitrogens is 2. The molecule has 18 heavy (non-hydrogen) atoms. The fourth-order valence-corrected chi connectivity index (χ4v) is 3.00. The van der Waals surface area contributed by atoms with Crippen molar-refractivity contribution in [1.29, 1.82) is 0 Å². The highest BCUT2D eigenvalue weighted by molar-refractivity contribution is 7.99. The zero-order valence-electron chi connectivity index (χ0n) is 11.0. The van der Waals surface area contributed by atoms with Gasteiger partial charge in [0.25, 0.3) is 0 Å². The van der Waals surface area contributed by atoms with Gasteiger partial charge in [-0.25, -0.2) is 0 Å². The topological polar surface area (TPSA) is 50.2 Å². The molecule has 0 saturated carbocycles. The van der Waals surface area contributed by atoms with Crippen LogP contribution in [0.5, 0.6) is 0 Å². The van der Waals surface area contributed by atoms with Gasteiger partial charge in [-0.05, 0) is 13.0 Å². The average molecular weight is 268 g/mol. The molecule has 0 radical (unpaired) electrons. The summed E-state index contributed by atoms with van der Waals surface area (Å²) in [7, 11) is 1.94. The monoisotopic (exact) mass is 268 g/mol. The van der Waals surface area contributed by atoms with Crippen LogP contribution in [0.25, 0.3) is 0 Å². The Morgan fingerprint density at radius 3 is 2.83 bits per heavy atom. The third kappa shape index (κ3) is 3.49. The van der Waals surface area contributed by atoms with Crippen LogP contribution in [0.4, 0.5) is 0 Å². The van der Waals surface area contributed by atoms with Crippen LogP contribution in [0.15, 0.2) is 11.1 Å². The van der Waals surface area contributed by atoms with Gasteiger partial charge in [-0.3, -0.25) is 9.48 Å². The summed E-state index contributed by atoms with van der Waals surface area (Å²) in [5, 5.41) is 8.67. The lowest BCUT2D eigenvalue weighted by Gasteiger charge is -2.27. The zero-order valence-corrected chi connectivity index (χ0v) is 11.8. The number of nitrogens with zero attached hydrogens (tertiary/aromatic N) is 3. The summed E-state index contributed by atoms with van der Waals surface area (Å²) in [6.45, 7) is 5.50. The van der Waals surface area contributed by atoms with Crippen LogP contribution >= 0.6 is 11.8 Å². The van der Waals surface area contributed by atoms with E-state index in [0.29, 0.717) is 6.42 Å². The highest BCUT2D eigenvalue weighted by Gasteiger charge is 2.15.